The highest BCUT2D eigenvalue weighted by Crippen LogP contribution is 2.27. The van der Waals surface area contributed by atoms with E-state index in [-0.39, 0.29) is 11.0 Å². The minimum Gasteiger partial charge on any atom is -0.369 e. The Kier molecular flexibility index (Phi) is 3.56. The van der Waals surface area contributed by atoms with E-state index in [0.29, 0.717) is 0 Å². The predicted octanol–water partition coefficient (Wildman–Crippen LogP) is 2.77. The van der Waals surface area contributed by atoms with Gasteiger partial charge in [-0.3, -0.25) is 0 Å². The van der Waals surface area contributed by atoms with Crippen LogP contribution >= 0.6 is 0 Å². The maximum atomic E-state index is 9.04. The van der Waals surface area contributed by atoms with Crippen LogP contribution in [0.5, 0.6) is 0 Å². The first-order valence-corrected chi connectivity index (χ1v) is 6.82. The van der Waals surface area contributed by atoms with E-state index in [0.717, 1.165) is 30.9 Å². The molecular formula is C16H23N3. The number of hydrogen-bond acceptors (Lipinski definition) is 3. The van der Waals surface area contributed by atoms with Gasteiger partial charge in [0.15, 0.2) is 0 Å². The molecule has 3 heteroatoms. The molecule has 102 valence electrons. The quantitative estimate of drug-likeness (QED) is 0.841. The Morgan fingerprint density at radius 2 is 1.95 bits per heavy atom. The van der Waals surface area contributed by atoms with Crippen LogP contribution in [0.3, 0.4) is 0 Å². The average Bonchev–Trinajstić information content (AvgIpc) is 2.46. The summed E-state index contributed by atoms with van der Waals surface area (Å²) in [6, 6.07) is 10.1. The fourth-order valence-electron chi connectivity index (χ4n) is 2.59. The van der Waals surface area contributed by atoms with E-state index in [2.05, 4.69) is 50.0 Å². The fraction of sp³-hybridized carbons (Fsp3) is 0.562. The highest BCUT2D eigenvalue weighted by atomic mass is 15.2. The van der Waals surface area contributed by atoms with Crippen molar-refractivity contribution < 1.29 is 0 Å². The van der Waals surface area contributed by atoms with Crippen LogP contribution in [-0.4, -0.2) is 25.2 Å². The van der Waals surface area contributed by atoms with E-state index in [9.17, 15) is 0 Å². The summed E-state index contributed by atoms with van der Waals surface area (Å²) in [7, 11) is 0. The topological polar surface area (TPSA) is 39.1 Å². The molecule has 0 aliphatic carbocycles. The van der Waals surface area contributed by atoms with Crippen LogP contribution in [0, 0.1) is 16.7 Å². The molecule has 1 heterocycles. The van der Waals surface area contributed by atoms with Crippen LogP contribution in [0.15, 0.2) is 24.3 Å². The number of nitrogens with zero attached hydrogens (tertiary/aromatic N) is 2. The summed E-state index contributed by atoms with van der Waals surface area (Å²) >= 11 is 0. The maximum Gasteiger partial charge on any atom is 0.0992 e. The van der Waals surface area contributed by atoms with Crippen molar-refractivity contribution in [3.8, 4) is 6.07 Å². The van der Waals surface area contributed by atoms with Crippen molar-refractivity contribution in [3.05, 3.63) is 29.8 Å². The third-order valence-corrected chi connectivity index (χ3v) is 3.59. The van der Waals surface area contributed by atoms with Crippen molar-refractivity contribution in [1.29, 1.82) is 5.26 Å². The molecule has 0 radical (unpaired) electrons. The zero-order valence-corrected chi connectivity index (χ0v) is 12.3. The van der Waals surface area contributed by atoms with Crippen molar-refractivity contribution in [3.63, 3.8) is 0 Å². The first-order valence-electron chi connectivity index (χ1n) is 6.82. The lowest BCUT2D eigenvalue weighted by Crippen LogP contribution is -2.46. The third-order valence-electron chi connectivity index (χ3n) is 3.59. The zero-order chi connectivity index (χ0) is 14.1. The zero-order valence-electron chi connectivity index (χ0n) is 12.3. The molecule has 0 spiro atoms. The molecule has 1 fully saturated rings. The Labute approximate surface area is 116 Å². The second-order valence-electron chi connectivity index (χ2n) is 6.92. The molecule has 0 amide bonds. The lowest BCUT2D eigenvalue weighted by atomic mass is 9.93. The molecule has 0 aromatic heterocycles. The highest BCUT2D eigenvalue weighted by Gasteiger charge is 2.32. The molecular weight excluding hydrogens is 234 g/mol. The monoisotopic (exact) mass is 257 g/mol. The minimum atomic E-state index is 0.0798. The molecule has 1 aromatic rings. The van der Waals surface area contributed by atoms with E-state index in [4.69, 9.17) is 5.26 Å². The lowest BCUT2D eigenvalue weighted by Gasteiger charge is -2.33. The smallest absolute Gasteiger partial charge is 0.0992 e. The molecule has 1 N–H and O–H groups in total. The van der Waals surface area contributed by atoms with Crippen LogP contribution < -0.4 is 10.2 Å². The van der Waals surface area contributed by atoms with E-state index in [1.807, 2.05) is 18.2 Å². The molecule has 1 aromatic carbocycles. The van der Waals surface area contributed by atoms with Gasteiger partial charge in [-0.05, 0) is 37.5 Å². The van der Waals surface area contributed by atoms with E-state index in [1.54, 1.807) is 0 Å². The van der Waals surface area contributed by atoms with Crippen molar-refractivity contribution in [2.45, 2.75) is 33.2 Å². The van der Waals surface area contributed by atoms with Gasteiger partial charge < -0.3 is 10.2 Å². The number of hydrogen-bond donors (Lipinski definition) is 1. The second-order valence-corrected chi connectivity index (χ2v) is 6.92. The molecule has 1 aliphatic rings. The Balaban J connectivity index is 2.32. The molecule has 1 saturated heterocycles. The normalized spacial score (nSPS) is 21.5. The molecule has 1 aliphatic heterocycles. The molecule has 2 rings (SSSR count). The summed E-state index contributed by atoms with van der Waals surface area (Å²) in [5.41, 5.74) is 2.17. The minimum absolute atomic E-state index is 0.0798. The van der Waals surface area contributed by atoms with Crippen molar-refractivity contribution >= 4 is 5.69 Å². The van der Waals surface area contributed by atoms with Crippen molar-refractivity contribution in [2.75, 3.05) is 24.5 Å². The summed E-state index contributed by atoms with van der Waals surface area (Å²) < 4.78 is 0. The maximum absolute atomic E-state index is 9.04. The summed E-state index contributed by atoms with van der Waals surface area (Å²) in [4.78, 5) is 2.39. The van der Waals surface area contributed by atoms with E-state index < -0.39 is 0 Å². The summed E-state index contributed by atoms with van der Waals surface area (Å²) in [5, 5.41) is 12.7. The molecule has 0 saturated carbocycles. The third kappa shape index (κ3) is 3.48. The van der Waals surface area contributed by atoms with E-state index >= 15 is 0 Å². The summed E-state index contributed by atoms with van der Waals surface area (Å²) in [5.74, 6) is 0. The highest BCUT2D eigenvalue weighted by molar-refractivity contribution is 5.52. The number of nitriles is 1. The van der Waals surface area contributed by atoms with E-state index in [1.165, 1.54) is 0 Å². The Bertz CT molecular complexity index is 479. The Morgan fingerprint density at radius 3 is 2.63 bits per heavy atom. The van der Waals surface area contributed by atoms with Gasteiger partial charge in [-0.1, -0.05) is 19.9 Å². The van der Waals surface area contributed by atoms with Gasteiger partial charge in [-0.25, -0.2) is 0 Å². The van der Waals surface area contributed by atoms with Gasteiger partial charge in [-0.15, -0.1) is 0 Å². The number of anilines is 1. The van der Waals surface area contributed by atoms with Gasteiger partial charge >= 0.3 is 0 Å². The van der Waals surface area contributed by atoms with Gasteiger partial charge in [0.1, 0.15) is 0 Å². The molecule has 0 bridgehead atoms. The van der Waals surface area contributed by atoms with Crippen LogP contribution in [0.4, 0.5) is 5.69 Å². The fourth-order valence-corrected chi connectivity index (χ4v) is 2.59. The number of nitrogens with one attached hydrogen (secondary N) is 1. The van der Waals surface area contributed by atoms with Crippen LogP contribution in [0.25, 0.3) is 0 Å². The van der Waals surface area contributed by atoms with Crippen molar-refractivity contribution in [2.24, 2.45) is 5.41 Å². The van der Waals surface area contributed by atoms with Gasteiger partial charge in [0.25, 0.3) is 0 Å². The second kappa shape index (κ2) is 4.86. The van der Waals surface area contributed by atoms with Crippen LogP contribution in [0.2, 0.25) is 0 Å². The molecule has 0 atom stereocenters. The summed E-state index contributed by atoms with van der Waals surface area (Å²) in [6.07, 6.45) is 0. The SMILES string of the molecule is CC1(C)CNC(C)(C)CN(c2cccc(C#N)c2)C1. The number of rotatable bonds is 1. The lowest BCUT2D eigenvalue weighted by molar-refractivity contribution is 0.332. The molecule has 3 nitrogen and oxygen atoms in total. The van der Waals surface area contributed by atoms with Crippen LogP contribution in [-0.2, 0) is 0 Å². The van der Waals surface area contributed by atoms with Crippen LogP contribution in [0.1, 0.15) is 33.3 Å². The van der Waals surface area contributed by atoms with Crippen molar-refractivity contribution in [1.82, 2.24) is 5.32 Å². The largest absolute Gasteiger partial charge is 0.369 e. The van der Waals surface area contributed by atoms with Gasteiger partial charge in [0.05, 0.1) is 11.6 Å². The molecule has 0 unspecified atom stereocenters. The Hall–Kier alpha value is -1.53. The summed E-state index contributed by atoms with van der Waals surface area (Å²) in [6.45, 7) is 12.0. The van der Waals surface area contributed by atoms with Gasteiger partial charge in [0.2, 0.25) is 0 Å². The van der Waals surface area contributed by atoms with Gasteiger partial charge in [0, 0.05) is 30.9 Å². The standard InChI is InChI=1S/C16H23N3/c1-15(2)10-18-16(3,4)12-19(11-15)14-7-5-6-13(8-14)9-17/h5-8,18H,10-12H2,1-4H3. The first-order chi connectivity index (χ1) is 8.81. The Morgan fingerprint density at radius 1 is 1.21 bits per heavy atom. The number of benzene rings is 1. The predicted molar refractivity (Wildman–Crippen MR) is 79.2 cm³/mol. The molecule has 19 heavy (non-hydrogen) atoms. The first kappa shape index (κ1) is 13.9. The average molecular weight is 257 g/mol. The van der Waals surface area contributed by atoms with Gasteiger partial charge in [-0.2, -0.15) is 5.26 Å².